The Hall–Kier alpha value is -4.23. The predicted molar refractivity (Wildman–Crippen MR) is 122 cm³/mol. The highest BCUT2D eigenvalue weighted by Crippen LogP contribution is 2.33. The number of imide groups is 1. The summed E-state index contributed by atoms with van der Waals surface area (Å²) in [4.78, 5) is 54.8. The van der Waals surface area contributed by atoms with Gasteiger partial charge in [0.25, 0.3) is 11.8 Å². The van der Waals surface area contributed by atoms with Gasteiger partial charge in [-0.2, -0.15) is 0 Å². The molecule has 8 heteroatoms. The molecule has 1 aliphatic heterocycles. The van der Waals surface area contributed by atoms with Crippen LogP contribution in [0.4, 0.5) is 5.69 Å². The summed E-state index contributed by atoms with van der Waals surface area (Å²) in [5.74, 6) is -2.26. The number of amides is 2. The summed E-state index contributed by atoms with van der Waals surface area (Å²) in [5, 5.41) is 0.988. The predicted octanol–water partition coefficient (Wildman–Crippen LogP) is 4.66. The highest BCUT2D eigenvalue weighted by atomic mass is 35.5. The Morgan fingerprint density at radius 2 is 1.64 bits per heavy atom. The molecule has 3 aromatic carbocycles. The summed E-state index contributed by atoms with van der Waals surface area (Å²) in [7, 11) is 0. The minimum Gasteiger partial charge on any atom is -0.454 e. The highest BCUT2D eigenvalue weighted by molar-refractivity contribution is 6.39. The first kappa shape index (κ1) is 20.7. The van der Waals surface area contributed by atoms with E-state index in [1.165, 1.54) is 18.2 Å². The lowest BCUT2D eigenvalue weighted by molar-refractivity contribution is 0.0475. The van der Waals surface area contributed by atoms with Crippen LogP contribution in [-0.2, 0) is 4.74 Å². The number of H-pyrrole nitrogens is 1. The van der Waals surface area contributed by atoms with Gasteiger partial charge in [0.2, 0.25) is 5.78 Å². The van der Waals surface area contributed by atoms with E-state index in [1.54, 1.807) is 36.5 Å². The monoisotopic (exact) mass is 458 g/mol. The van der Waals surface area contributed by atoms with Crippen molar-refractivity contribution in [1.29, 1.82) is 0 Å². The number of aromatic amines is 1. The van der Waals surface area contributed by atoms with Crippen LogP contribution in [0.2, 0.25) is 5.02 Å². The molecule has 0 atom stereocenters. The molecular weight excluding hydrogens is 444 g/mol. The fourth-order valence-corrected chi connectivity index (χ4v) is 4.03. The number of nitrogens with one attached hydrogen (secondary N) is 1. The van der Waals surface area contributed by atoms with Gasteiger partial charge in [-0.3, -0.25) is 14.4 Å². The third-order valence-electron chi connectivity index (χ3n) is 5.44. The number of anilines is 1. The van der Waals surface area contributed by atoms with E-state index in [-0.39, 0.29) is 33.2 Å². The lowest BCUT2D eigenvalue weighted by Gasteiger charge is -2.15. The maximum absolute atomic E-state index is 12.9. The number of rotatable bonds is 5. The largest absolute Gasteiger partial charge is 0.454 e. The molecular formula is C25H15ClN2O5. The van der Waals surface area contributed by atoms with Gasteiger partial charge in [-0.25, -0.2) is 9.69 Å². The van der Waals surface area contributed by atoms with Crippen molar-refractivity contribution in [3.05, 3.63) is 100 Å². The molecule has 1 aromatic heterocycles. The molecule has 162 valence electrons. The van der Waals surface area contributed by atoms with Crippen molar-refractivity contribution in [2.24, 2.45) is 0 Å². The van der Waals surface area contributed by atoms with Gasteiger partial charge in [0.1, 0.15) is 0 Å². The SMILES string of the molecule is O=C(OCC(=O)c1c[nH]c2ccccc12)c1ccc2c(c1)C(=O)N(c1ccccc1Cl)C2=O. The summed E-state index contributed by atoms with van der Waals surface area (Å²) in [6.45, 7) is -0.462. The Morgan fingerprint density at radius 3 is 2.45 bits per heavy atom. The molecule has 0 bridgehead atoms. The molecule has 2 heterocycles. The molecule has 0 unspecified atom stereocenters. The first-order valence-electron chi connectivity index (χ1n) is 9.99. The number of halogens is 1. The van der Waals surface area contributed by atoms with Crippen LogP contribution >= 0.6 is 11.6 Å². The van der Waals surface area contributed by atoms with Crippen molar-refractivity contribution in [3.63, 3.8) is 0 Å². The summed E-state index contributed by atoms with van der Waals surface area (Å²) in [5.41, 5.74) is 1.77. The normalized spacial score (nSPS) is 12.8. The number of carbonyl (C=O) groups is 4. The number of hydrogen-bond donors (Lipinski definition) is 1. The van der Waals surface area contributed by atoms with Crippen LogP contribution in [0.1, 0.15) is 41.4 Å². The van der Waals surface area contributed by atoms with E-state index in [0.717, 1.165) is 15.8 Å². The third kappa shape index (κ3) is 3.48. The number of nitrogens with zero attached hydrogens (tertiary/aromatic N) is 1. The number of carbonyl (C=O) groups excluding carboxylic acids is 4. The maximum atomic E-state index is 12.9. The molecule has 0 radical (unpaired) electrons. The fraction of sp³-hybridized carbons (Fsp3) is 0.0400. The number of para-hydroxylation sites is 2. The minimum atomic E-state index is -0.776. The molecule has 1 N–H and O–H groups in total. The Kier molecular flexibility index (Phi) is 5.03. The van der Waals surface area contributed by atoms with Gasteiger partial charge in [0.05, 0.1) is 27.4 Å². The second kappa shape index (κ2) is 8.03. The number of benzene rings is 3. The zero-order valence-corrected chi connectivity index (χ0v) is 17.8. The standard InChI is InChI=1S/C25H15ClN2O5/c26-19-6-2-4-8-21(19)28-23(30)16-10-9-14(11-17(16)24(28)31)25(32)33-13-22(29)18-12-27-20-7-3-1-5-15(18)20/h1-12,27H,13H2. The van der Waals surface area contributed by atoms with Crippen LogP contribution < -0.4 is 4.90 Å². The topological polar surface area (TPSA) is 96.5 Å². The average Bonchev–Trinajstić information content (AvgIpc) is 3.37. The zero-order valence-electron chi connectivity index (χ0n) is 17.0. The van der Waals surface area contributed by atoms with Crippen LogP contribution in [0.3, 0.4) is 0 Å². The minimum absolute atomic E-state index is 0.0580. The second-order valence-corrected chi connectivity index (χ2v) is 7.81. The molecule has 7 nitrogen and oxygen atoms in total. The Morgan fingerprint density at radius 1 is 0.909 bits per heavy atom. The van der Waals surface area contributed by atoms with Crippen LogP contribution in [0.15, 0.2) is 72.9 Å². The molecule has 0 saturated carbocycles. The zero-order chi connectivity index (χ0) is 23.1. The summed E-state index contributed by atoms with van der Waals surface area (Å²) >= 11 is 6.15. The quantitative estimate of drug-likeness (QED) is 0.266. The summed E-state index contributed by atoms with van der Waals surface area (Å²) in [6, 6.07) is 17.9. The van der Waals surface area contributed by atoms with E-state index in [4.69, 9.17) is 16.3 Å². The summed E-state index contributed by atoms with van der Waals surface area (Å²) < 4.78 is 5.18. The maximum Gasteiger partial charge on any atom is 0.338 e. The Balaban J connectivity index is 1.34. The average molecular weight is 459 g/mol. The van der Waals surface area contributed by atoms with Crippen molar-refractivity contribution in [2.75, 3.05) is 11.5 Å². The van der Waals surface area contributed by atoms with Crippen molar-refractivity contribution >= 4 is 51.8 Å². The second-order valence-electron chi connectivity index (χ2n) is 7.40. The lowest BCUT2D eigenvalue weighted by Crippen LogP contribution is -2.29. The molecule has 5 rings (SSSR count). The van der Waals surface area contributed by atoms with Gasteiger partial charge in [-0.05, 0) is 36.4 Å². The van der Waals surface area contributed by atoms with Gasteiger partial charge in [0, 0.05) is 22.7 Å². The van der Waals surface area contributed by atoms with Crippen molar-refractivity contribution < 1.29 is 23.9 Å². The smallest absolute Gasteiger partial charge is 0.338 e. The summed E-state index contributed by atoms with van der Waals surface area (Å²) in [6.07, 6.45) is 1.57. The van der Waals surface area contributed by atoms with E-state index in [1.807, 2.05) is 18.2 Å². The number of ketones is 1. The van der Waals surface area contributed by atoms with Crippen molar-refractivity contribution in [2.45, 2.75) is 0 Å². The molecule has 0 aliphatic carbocycles. The lowest BCUT2D eigenvalue weighted by atomic mass is 10.1. The van der Waals surface area contributed by atoms with E-state index in [2.05, 4.69) is 4.98 Å². The molecule has 2 amide bonds. The Labute approximate surface area is 192 Å². The molecule has 4 aromatic rings. The van der Waals surface area contributed by atoms with Gasteiger partial charge >= 0.3 is 5.97 Å². The molecule has 0 spiro atoms. The number of aromatic nitrogens is 1. The first-order valence-corrected chi connectivity index (χ1v) is 10.4. The number of fused-ring (bicyclic) bond motifs is 2. The molecule has 0 saturated heterocycles. The molecule has 0 fully saturated rings. The van der Waals surface area contributed by atoms with Crippen LogP contribution in [0.25, 0.3) is 10.9 Å². The molecule has 33 heavy (non-hydrogen) atoms. The van der Waals surface area contributed by atoms with Gasteiger partial charge in [-0.1, -0.05) is 41.9 Å². The van der Waals surface area contributed by atoms with E-state index in [9.17, 15) is 19.2 Å². The third-order valence-corrected chi connectivity index (χ3v) is 5.76. The molecule has 1 aliphatic rings. The van der Waals surface area contributed by atoms with E-state index in [0.29, 0.717) is 5.56 Å². The van der Waals surface area contributed by atoms with Crippen LogP contribution in [0.5, 0.6) is 0 Å². The van der Waals surface area contributed by atoms with Crippen molar-refractivity contribution in [1.82, 2.24) is 4.98 Å². The van der Waals surface area contributed by atoms with Crippen LogP contribution in [-0.4, -0.2) is 35.2 Å². The first-order chi connectivity index (χ1) is 16.0. The van der Waals surface area contributed by atoms with Crippen molar-refractivity contribution in [3.8, 4) is 0 Å². The van der Waals surface area contributed by atoms with E-state index < -0.39 is 24.4 Å². The van der Waals surface area contributed by atoms with E-state index >= 15 is 0 Å². The number of hydrogen-bond acceptors (Lipinski definition) is 5. The van der Waals surface area contributed by atoms with Gasteiger partial charge < -0.3 is 9.72 Å². The van der Waals surface area contributed by atoms with Gasteiger partial charge in [-0.15, -0.1) is 0 Å². The van der Waals surface area contributed by atoms with Gasteiger partial charge in [0.15, 0.2) is 6.61 Å². The number of ether oxygens (including phenoxy) is 1. The number of esters is 1. The Bertz CT molecular complexity index is 1470. The highest BCUT2D eigenvalue weighted by Gasteiger charge is 2.38. The number of Topliss-reactive ketones (excluding diaryl/α,β-unsaturated/α-hetero) is 1. The fourth-order valence-electron chi connectivity index (χ4n) is 3.81. The van der Waals surface area contributed by atoms with Crippen LogP contribution in [0, 0.1) is 0 Å².